The van der Waals surface area contributed by atoms with Gasteiger partial charge in [0.25, 0.3) is 0 Å². The maximum absolute atomic E-state index is 10.3. The van der Waals surface area contributed by atoms with Gasteiger partial charge in [0, 0.05) is 39.0 Å². The summed E-state index contributed by atoms with van der Waals surface area (Å²) in [4.78, 5) is 20.6. The number of unbranched alkanes of at least 4 members (excludes halogenated alkanes) is 2. The third kappa shape index (κ3) is 51.1. The predicted octanol–water partition coefficient (Wildman–Crippen LogP) is 11.2. The van der Waals surface area contributed by atoms with E-state index in [-0.39, 0.29) is 12.8 Å². The lowest BCUT2D eigenvalue weighted by atomic mass is 10.2. The molecule has 6 nitrogen and oxygen atoms in total. The van der Waals surface area contributed by atoms with Crippen LogP contribution >= 0.6 is 0 Å². The van der Waals surface area contributed by atoms with Crippen molar-refractivity contribution >= 4 is 11.9 Å². The van der Waals surface area contributed by atoms with Crippen molar-refractivity contribution < 1.29 is 19.8 Å². The highest BCUT2D eigenvalue weighted by atomic mass is 16.4. The van der Waals surface area contributed by atoms with E-state index >= 15 is 0 Å². The van der Waals surface area contributed by atoms with E-state index in [1.54, 1.807) is 0 Å². The molecule has 0 atom stereocenters. The number of allylic oxidation sites excluding steroid dienone is 20. The molecule has 0 bridgehead atoms. The van der Waals surface area contributed by atoms with Crippen molar-refractivity contribution in [2.24, 2.45) is 0 Å². The number of carboxylic acids is 2. The van der Waals surface area contributed by atoms with Gasteiger partial charge in [-0.25, -0.2) is 0 Å². The lowest BCUT2D eigenvalue weighted by Crippen LogP contribution is -2.39. The summed E-state index contributed by atoms with van der Waals surface area (Å²) in [6.07, 6.45) is 56.9. The zero-order chi connectivity index (χ0) is 36.9. The fourth-order valence-corrected chi connectivity index (χ4v) is 4.08. The van der Waals surface area contributed by atoms with Crippen molar-refractivity contribution in [3.63, 3.8) is 0 Å². The van der Waals surface area contributed by atoms with Gasteiger partial charge in [0.2, 0.25) is 0 Å². The maximum Gasteiger partial charge on any atom is 0.303 e. The van der Waals surface area contributed by atoms with Gasteiger partial charge in [0.15, 0.2) is 0 Å². The van der Waals surface area contributed by atoms with Gasteiger partial charge in [-0.05, 0) is 89.9 Å². The Morgan fingerprint density at radius 1 is 0.400 bits per heavy atom. The Morgan fingerprint density at radius 2 is 0.620 bits per heavy atom. The summed E-state index contributed by atoms with van der Waals surface area (Å²) in [5.41, 5.74) is 0. The Labute approximate surface area is 306 Å². The van der Waals surface area contributed by atoms with Crippen LogP contribution in [0.3, 0.4) is 0 Å². The third-order valence-corrected chi connectivity index (χ3v) is 6.80. The van der Waals surface area contributed by atoms with Gasteiger partial charge in [0.1, 0.15) is 0 Å². The number of hydrogen-bond acceptors (Lipinski definition) is 4. The molecule has 4 N–H and O–H groups in total. The second kappa shape index (κ2) is 45.3. The van der Waals surface area contributed by atoms with Crippen molar-refractivity contribution in [3.05, 3.63) is 122 Å². The molecule has 1 aliphatic rings. The van der Waals surface area contributed by atoms with E-state index in [1.165, 1.54) is 0 Å². The number of rotatable bonds is 26. The predicted molar refractivity (Wildman–Crippen MR) is 218 cm³/mol. The smallest absolute Gasteiger partial charge is 0.303 e. The van der Waals surface area contributed by atoms with Crippen LogP contribution in [0, 0.1) is 0 Å². The van der Waals surface area contributed by atoms with Crippen LogP contribution in [-0.2, 0) is 9.59 Å². The van der Waals surface area contributed by atoms with Crippen molar-refractivity contribution in [1.82, 2.24) is 10.6 Å². The Kier molecular flexibility index (Phi) is 43.8. The number of carboxylic acid groups (broad SMARTS) is 2. The van der Waals surface area contributed by atoms with Crippen LogP contribution < -0.4 is 10.6 Å². The molecule has 0 aliphatic carbocycles. The Morgan fingerprint density at radius 3 is 0.820 bits per heavy atom. The van der Waals surface area contributed by atoms with E-state index in [2.05, 4.69) is 146 Å². The molecule has 1 rings (SSSR count). The van der Waals surface area contributed by atoms with Gasteiger partial charge >= 0.3 is 11.9 Å². The molecule has 0 radical (unpaired) electrons. The largest absolute Gasteiger partial charge is 0.481 e. The molecular formula is C44H70N2O4. The summed E-state index contributed by atoms with van der Waals surface area (Å²) in [6, 6.07) is 0. The average Bonchev–Trinajstić information content (AvgIpc) is 3.12. The topological polar surface area (TPSA) is 98.7 Å². The highest BCUT2D eigenvalue weighted by Gasteiger charge is 1.94. The first-order chi connectivity index (χ1) is 24.5. The molecule has 50 heavy (non-hydrogen) atoms. The summed E-state index contributed by atoms with van der Waals surface area (Å²) < 4.78 is 0. The van der Waals surface area contributed by atoms with Crippen molar-refractivity contribution in [3.8, 4) is 0 Å². The van der Waals surface area contributed by atoms with Gasteiger partial charge in [-0.3, -0.25) is 9.59 Å². The molecule has 1 aliphatic heterocycles. The Bertz CT molecular complexity index is 964. The van der Waals surface area contributed by atoms with E-state index in [1.807, 2.05) is 0 Å². The molecule has 0 aromatic heterocycles. The fourth-order valence-electron chi connectivity index (χ4n) is 4.08. The molecule has 0 aromatic rings. The molecule has 6 heteroatoms. The van der Waals surface area contributed by atoms with E-state index in [4.69, 9.17) is 10.2 Å². The minimum absolute atomic E-state index is 0.258. The Balaban J connectivity index is 0. The molecule has 0 saturated carbocycles. The van der Waals surface area contributed by atoms with E-state index in [0.717, 1.165) is 116 Å². The zero-order valence-corrected chi connectivity index (χ0v) is 31.4. The molecule has 0 spiro atoms. The lowest BCUT2D eigenvalue weighted by molar-refractivity contribution is -0.138. The quantitative estimate of drug-likeness (QED) is 0.0533. The summed E-state index contributed by atoms with van der Waals surface area (Å²) in [6.45, 7) is 8.84. The highest BCUT2D eigenvalue weighted by Crippen LogP contribution is 2.01. The molecule has 0 amide bonds. The van der Waals surface area contributed by atoms with Crippen LogP contribution in [0.2, 0.25) is 0 Å². The van der Waals surface area contributed by atoms with Crippen LogP contribution in [0.25, 0.3) is 0 Å². The normalized spacial score (nSPS) is 14.1. The van der Waals surface area contributed by atoms with Crippen LogP contribution in [0.5, 0.6) is 0 Å². The molecule has 1 fully saturated rings. The van der Waals surface area contributed by atoms with Crippen molar-refractivity contribution in [2.75, 3.05) is 26.2 Å². The van der Waals surface area contributed by atoms with Gasteiger partial charge in [0.05, 0.1) is 0 Å². The average molecular weight is 691 g/mol. The van der Waals surface area contributed by atoms with Gasteiger partial charge in [-0.15, -0.1) is 0 Å². The molecule has 1 saturated heterocycles. The summed E-state index contributed by atoms with van der Waals surface area (Å²) >= 11 is 0. The summed E-state index contributed by atoms with van der Waals surface area (Å²) in [5.74, 6) is -1.43. The van der Waals surface area contributed by atoms with E-state index < -0.39 is 11.9 Å². The first-order valence-electron chi connectivity index (χ1n) is 18.9. The highest BCUT2D eigenvalue weighted by molar-refractivity contribution is 5.66. The summed E-state index contributed by atoms with van der Waals surface area (Å²) in [7, 11) is 0. The molecular weight excluding hydrogens is 620 g/mol. The van der Waals surface area contributed by atoms with Gasteiger partial charge < -0.3 is 20.8 Å². The van der Waals surface area contributed by atoms with E-state index in [9.17, 15) is 9.59 Å². The standard InChI is InChI=1S/2C20H30O2.C4H10N2/c2*1-2-3-4-5-6-7-8-9-10-11-12-13-14-15-16-17-18-19-20(21)22;1-2-6-4-3-5-1/h2*3-4,6-7,9-10,12-13,15-16H,2,5,8,11,14,17-19H2,1H3,(H,21,22);5-6H,1-4H2/b2*4-3-,7-6-,10-9-,13-12-,16-15-;. The molecule has 0 unspecified atom stereocenters. The van der Waals surface area contributed by atoms with Crippen molar-refractivity contribution in [1.29, 1.82) is 0 Å². The van der Waals surface area contributed by atoms with Crippen LogP contribution in [-0.4, -0.2) is 48.3 Å². The second-order valence-electron chi connectivity index (χ2n) is 11.5. The number of piperazine rings is 1. The first-order valence-corrected chi connectivity index (χ1v) is 18.9. The molecule has 280 valence electrons. The monoisotopic (exact) mass is 691 g/mol. The number of nitrogens with one attached hydrogen (secondary N) is 2. The number of carbonyl (C=O) groups is 2. The minimum atomic E-state index is -0.715. The van der Waals surface area contributed by atoms with Crippen molar-refractivity contribution in [2.45, 2.75) is 117 Å². The maximum atomic E-state index is 10.3. The SMILES string of the molecule is C1CNCCN1.CC/C=C\C/C=C\C/C=C\C/C=C\C/C=C\CCCC(=O)O.CC/C=C\C/C=C\C/C=C\C/C=C\C/C=C\CCCC(=O)O. The summed E-state index contributed by atoms with van der Waals surface area (Å²) in [5, 5.41) is 23.4. The minimum Gasteiger partial charge on any atom is -0.481 e. The Hall–Kier alpha value is -3.74. The molecule has 0 aromatic carbocycles. The lowest BCUT2D eigenvalue weighted by Gasteiger charge is -2.11. The van der Waals surface area contributed by atoms with E-state index in [0.29, 0.717) is 0 Å². The van der Waals surface area contributed by atoms with Crippen LogP contribution in [0.15, 0.2) is 122 Å². The van der Waals surface area contributed by atoms with Gasteiger partial charge in [-0.2, -0.15) is 0 Å². The number of hydrogen-bond donors (Lipinski definition) is 4. The molecule has 1 heterocycles. The zero-order valence-electron chi connectivity index (χ0n) is 31.4. The number of aliphatic carboxylic acids is 2. The van der Waals surface area contributed by atoms with Crippen LogP contribution in [0.4, 0.5) is 0 Å². The fraction of sp³-hybridized carbons (Fsp3) is 0.500. The third-order valence-electron chi connectivity index (χ3n) is 6.80. The van der Waals surface area contributed by atoms with Gasteiger partial charge in [-0.1, -0.05) is 135 Å². The first kappa shape index (κ1) is 48.4. The second-order valence-corrected chi connectivity index (χ2v) is 11.5. The van der Waals surface area contributed by atoms with Crippen LogP contribution in [0.1, 0.15) is 117 Å².